The zero-order chi connectivity index (χ0) is 22.6. The number of thioether (sulfide) groups is 1. The van der Waals surface area contributed by atoms with E-state index in [2.05, 4.69) is 40.6 Å². The van der Waals surface area contributed by atoms with Crippen LogP contribution < -0.4 is 10.1 Å². The van der Waals surface area contributed by atoms with Crippen LogP contribution in [0.5, 0.6) is 5.75 Å². The van der Waals surface area contributed by atoms with E-state index in [0.717, 1.165) is 11.1 Å². The molecule has 0 bridgehead atoms. The van der Waals surface area contributed by atoms with Crippen molar-refractivity contribution in [3.8, 4) is 5.75 Å². The van der Waals surface area contributed by atoms with E-state index in [1.165, 1.54) is 34.7 Å². The number of fused-ring (bicyclic) bond motifs is 1. The molecule has 0 saturated carbocycles. The fourth-order valence-electron chi connectivity index (χ4n) is 3.48. The van der Waals surface area contributed by atoms with E-state index in [1.54, 1.807) is 18.2 Å². The van der Waals surface area contributed by atoms with Gasteiger partial charge in [-0.1, -0.05) is 54.6 Å². The highest BCUT2D eigenvalue weighted by atomic mass is 32.2. The first-order chi connectivity index (χ1) is 16.1. The highest BCUT2D eigenvalue weighted by molar-refractivity contribution is 8.18. The average Bonchev–Trinajstić information content (AvgIpc) is 3.18. The molecule has 1 aliphatic rings. The van der Waals surface area contributed by atoms with Gasteiger partial charge in [0.15, 0.2) is 5.17 Å². The number of hydrogen-bond acceptors (Lipinski definition) is 4. The van der Waals surface area contributed by atoms with Crippen molar-refractivity contribution in [3.05, 3.63) is 113 Å². The van der Waals surface area contributed by atoms with Gasteiger partial charge in [-0.3, -0.25) is 4.79 Å². The number of para-hydroxylation sites is 1. The molecule has 0 spiro atoms. The van der Waals surface area contributed by atoms with Gasteiger partial charge in [-0.2, -0.15) is 0 Å². The predicted octanol–water partition coefficient (Wildman–Crippen LogP) is 6.45. The Labute approximate surface area is 194 Å². The number of nitrogens with one attached hydrogen (secondary N) is 1. The number of nitrogens with zero attached hydrogens (tertiary/aromatic N) is 1. The van der Waals surface area contributed by atoms with Crippen molar-refractivity contribution in [1.29, 1.82) is 0 Å². The van der Waals surface area contributed by atoms with Gasteiger partial charge in [-0.05, 0) is 70.6 Å². The summed E-state index contributed by atoms with van der Waals surface area (Å²) in [5.41, 5.74) is 2.44. The van der Waals surface area contributed by atoms with Gasteiger partial charge < -0.3 is 10.1 Å². The van der Waals surface area contributed by atoms with Crippen LogP contribution in [0, 0.1) is 5.82 Å². The molecule has 1 fully saturated rings. The molecule has 1 saturated heterocycles. The maximum absolute atomic E-state index is 13.1. The number of amides is 1. The number of amidine groups is 1. The summed E-state index contributed by atoms with van der Waals surface area (Å²) >= 11 is 1.24. The molecule has 5 rings (SSSR count). The van der Waals surface area contributed by atoms with Gasteiger partial charge in [0.2, 0.25) is 0 Å². The molecule has 1 N–H and O–H groups in total. The van der Waals surface area contributed by atoms with Crippen molar-refractivity contribution >= 4 is 45.4 Å². The SMILES string of the molecule is O=C1NC(=Nc2ccc(F)cc2)S/C1=C/c1ccccc1OCc1ccc2ccccc2c1. The van der Waals surface area contributed by atoms with E-state index >= 15 is 0 Å². The summed E-state index contributed by atoms with van der Waals surface area (Å²) in [7, 11) is 0. The maximum atomic E-state index is 13.1. The smallest absolute Gasteiger partial charge is 0.264 e. The van der Waals surface area contributed by atoms with Crippen molar-refractivity contribution in [1.82, 2.24) is 5.32 Å². The lowest BCUT2D eigenvalue weighted by molar-refractivity contribution is -0.115. The van der Waals surface area contributed by atoms with Gasteiger partial charge in [0.25, 0.3) is 5.91 Å². The third-order valence-corrected chi connectivity index (χ3v) is 6.03. The summed E-state index contributed by atoms with van der Waals surface area (Å²) in [4.78, 5) is 17.4. The molecular weight excluding hydrogens is 435 g/mol. The number of ether oxygens (including phenoxy) is 1. The largest absolute Gasteiger partial charge is 0.488 e. The molecule has 4 aromatic rings. The Morgan fingerprint density at radius 3 is 2.52 bits per heavy atom. The molecule has 0 aromatic heterocycles. The number of carbonyl (C=O) groups is 1. The Balaban J connectivity index is 1.33. The highest BCUT2D eigenvalue weighted by Gasteiger charge is 2.24. The molecule has 4 aromatic carbocycles. The highest BCUT2D eigenvalue weighted by Crippen LogP contribution is 2.31. The van der Waals surface area contributed by atoms with Gasteiger partial charge in [0.05, 0.1) is 10.6 Å². The summed E-state index contributed by atoms with van der Waals surface area (Å²) < 4.78 is 19.2. The number of hydrogen-bond donors (Lipinski definition) is 1. The summed E-state index contributed by atoms with van der Waals surface area (Å²) in [5.74, 6) is 0.128. The molecule has 33 heavy (non-hydrogen) atoms. The summed E-state index contributed by atoms with van der Waals surface area (Å²) in [6, 6.07) is 27.9. The van der Waals surface area contributed by atoms with Gasteiger partial charge in [0, 0.05) is 5.56 Å². The van der Waals surface area contributed by atoms with Crippen LogP contribution in [-0.2, 0) is 11.4 Å². The second kappa shape index (κ2) is 9.30. The predicted molar refractivity (Wildman–Crippen MR) is 132 cm³/mol. The first-order valence-corrected chi connectivity index (χ1v) is 11.2. The zero-order valence-electron chi connectivity index (χ0n) is 17.5. The lowest BCUT2D eigenvalue weighted by Crippen LogP contribution is -2.19. The van der Waals surface area contributed by atoms with Crippen molar-refractivity contribution in [2.45, 2.75) is 6.61 Å². The van der Waals surface area contributed by atoms with Crippen molar-refractivity contribution < 1.29 is 13.9 Å². The minimum absolute atomic E-state index is 0.231. The molecule has 6 heteroatoms. The fraction of sp³-hybridized carbons (Fsp3) is 0.0370. The van der Waals surface area contributed by atoms with E-state index in [-0.39, 0.29) is 11.7 Å². The Morgan fingerprint density at radius 2 is 1.67 bits per heavy atom. The van der Waals surface area contributed by atoms with Crippen LogP contribution in [0.4, 0.5) is 10.1 Å². The Morgan fingerprint density at radius 1 is 0.909 bits per heavy atom. The third kappa shape index (κ3) is 4.96. The normalized spacial score (nSPS) is 15.8. The standard InChI is InChI=1S/C27H19FN2O2S/c28-22-11-13-23(14-12-22)29-27-30-26(31)25(33-27)16-21-7-3-4-8-24(21)32-17-18-9-10-19-5-1-2-6-20(19)15-18/h1-16H,17H2,(H,29,30,31)/b25-16+. The Kier molecular flexibility index (Phi) is 5.91. The van der Waals surface area contributed by atoms with Crippen LogP contribution in [0.15, 0.2) is 101 Å². The molecule has 1 aliphatic heterocycles. The lowest BCUT2D eigenvalue weighted by atomic mass is 10.1. The monoisotopic (exact) mass is 454 g/mol. The van der Waals surface area contributed by atoms with Gasteiger partial charge in [-0.25, -0.2) is 9.38 Å². The van der Waals surface area contributed by atoms with Gasteiger partial charge in [-0.15, -0.1) is 0 Å². The molecule has 0 unspecified atom stereocenters. The fourth-order valence-corrected chi connectivity index (χ4v) is 4.31. The van der Waals surface area contributed by atoms with Gasteiger partial charge >= 0.3 is 0 Å². The average molecular weight is 455 g/mol. The van der Waals surface area contributed by atoms with Crippen LogP contribution in [0.3, 0.4) is 0 Å². The van der Waals surface area contributed by atoms with Crippen LogP contribution >= 0.6 is 11.8 Å². The van der Waals surface area contributed by atoms with Crippen molar-refractivity contribution in [2.24, 2.45) is 4.99 Å². The second-order valence-electron chi connectivity index (χ2n) is 7.47. The molecule has 1 amide bonds. The minimum Gasteiger partial charge on any atom is -0.488 e. The summed E-state index contributed by atoms with van der Waals surface area (Å²) in [5, 5.41) is 5.56. The van der Waals surface area contributed by atoms with Crippen molar-refractivity contribution in [3.63, 3.8) is 0 Å². The van der Waals surface area contributed by atoms with Gasteiger partial charge in [0.1, 0.15) is 18.2 Å². The molecule has 4 nitrogen and oxygen atoms in total. The minimum atomic E-state index is -0.331. The first-order valence-electron chi connectivity index (χ1n) is 10.4. The summed E-state index contributed by atoms with van der Waals surface area (Å²) in [6.45, 7) is 0.418. The molecule has 0 radical (unpaired) electrons. The van der Waals surface area contributed by atoms with Crippen LogP contribution in [-0.4, -0.2) is 11.1 Å². The van der Waals surface area contributed by atoms with Crippen molar-refractivity contribution in [2.75, 3.05) is 0 Å². The molecule has 0 atom stereocenters. The number of carbonyl (C=O) groups excluding carboxylic acids is 1. The second-order valence-corrected chi connectivity index (χ2v) is 8.50. The molecule has 162 valence electrons. The molecule has 1 heterocycles. The Hall–Kier alpha value is -3.90. The number of aliphatic imine (C=N–C) groups is 1. The van der Waals surface area contributed by atoms with E-state index < -0.39 is 0 Å². The molecular formula is C27H19FN2O2S. The lowest BCUT2D eigenvalue weighted by Gasteiger charge is -2.10. The van der Waals surface area contributed by atoms with Crippen LogP contribution in [0.1, 0.15) is 11.1 Å². The Bertz CT molecular complexity index is 1400. The van der Waals surface area contributed by atoms with E-state index in [0.29, 0.717) is 28.1 Å². The number of halogens is 1. The zero-order valence-corrected chi connectivity index (χ0v) is 18.3. The maximum Gasteiger partial charge on any atom is 0.264 e. The van der Waals surface area contributed by atoms with E-state index in [1.807, 2.05) is 36.4 Å². The molecule has 0 aliphatic carbocycles. The topological polar surface area (TPSA) is 50.7 Å². The van der Waals surface area contributed by atoms with E-state index in [4.69, 9.17) is 4.74 Å². The summed E-state index contributed by atoms with van der Waals surface area (Å²) in [6.07, 6.45) is 1.79. The van der Waals surface area contributed by atoms with Crippen LogP contribution in [0.25, 0.3) is 16.8 Å². The quantitative estimate of drug-likeness (QED) is 0.353. The number of rotatable bonds is 5. The van der Waals surface area contributed by atoms with E-state index in [9.17, 15) is 9.18 Å². The first kappa shape index (κ1) is 21.0. The van der Waals surface area contributed by atoms with Crippen LogP contribution in [0.2, 0.25) is 0 Å². The third-order valence-electron chi connectivity index (χ3n) is 5.12. The number of benzene rings is 4.